The van der Waals surface area contributed by atoms with E-state index >= 15 is 0 Å². The second-order valence-corrected chi connectivity index (χ2v) is 11.4. The number of nitrogens with zero attached hydrogens (tertiary/aromatic N) is 1. The number of carbonyl (C=O) groups is 3. The number of primary amides is 1. The van der Waals surface area contributed by atoms with Gasteiger partial charge in [-0.05, 0) is 77.5 Å². The van der Waals surface area contributed by atoms with Crippen LogP contribution in [0.1, 0.15) is 58.6 Å². The molecule has 3 aromatic carbocycles. The highest BCUT2D eigenvalue weighted by Gasteiger charge is 2.40. The molecule has 7 nitrogen and oxygen atoms in total. The lowest BCUT2D eigenvalue weighted by molar-refractivity contribution is -0.142. The Morgan fingerprint density at radius 2 is 1.57 bits per heavy atom. The average molecular weight is 538 g/mol. The summed E-state index contributed by atoms with van der Waals surface area (Å²) in [5, 5.41) is 2.92. The third kappa shape index (κ3) is 5.46. The molecule has 0 aliphatic heterocycles. The maximum Gasteiger partial charge on any atom is 0.407 e. The molecule has 40 heavy (non-hydrogen) atoms. The van der Waals surface area contributed by atoms with E-state index in [0.717, 1.165) is 37.8 Å². The largest absolute Gasteiger partial charge is 0.449 e. The molecule has 6 rings (SSSR count). The highest BCUT2D eigenvalue weighted by molar-refractivity contribution is 5.93. The van der Waals surface area contributed by atoms with Crippen LogP contribution in [-0.4, -0.2) is 42.5 Å². The molecule has 3 N–H and O–H groups in total. The van der Waals surface area contributed by atoms with Gasteiger partial charge in [0.2, 0.25) is 11.8 Å². The van der Waals surface area contributed by atoms with Gasteiger partial charge in [0.15, 0.2) is 0 Å². The summed E-state index contributed by atoms with van der Waals surface area (Å²) in [5.74, 6) is 0.182. The molecule has 3 aromatic rings. The fourth-order valence-corrected chi connectivity index (χ4v) is 6.12. The maximum absolute atomic E-state index is 13.6. The monoisotopic (exact) mass is 537 g/mol. The predicted molar refractivity (Wildman–Crippen MR) is 152 cm³/mol. The second-order valence-electron chi connectivity index (χ2n) is 11.4. The van der Waals surface area contributed by atoms with Crippen LogP contribution in [0.3, 0.4) is 0 Å². The highest BCUT2D eigenvalue weighted by Crippen LogP contribution is 2.44. The number of hydrogen-bond acceptors (Lipinski definition) is 4. The zero-order valence-corrected chi connectivity index (χ0v) is 22.6. The Bertz CT molecular complexity index is 1390. The smallest absolute Gasteiger partial charge is 0.407 e. The average Bonchev–Trinajstić information content (AvgIpc) is 3.71. The molecule has 3 aliphatic carbocycles. The van der Waals surface area contributed by atoms with E-state index in [9.17, 15) is 14.4 Å². The van der Waals surface area contributed by atoms with E-state index in [1.54, 1.807) is 18.2 Å². The molecule has 7 heteroatoms. The highest BCUT2D eigenvalue weighted by atomic mass is 16.5. The van der Waals surface area contributed by atoms with Crippen LogP contribution in [0.5, 0.6) is 0 Å². The van der Waals surface area contributed by atoms with Gasteiger partial charge in [0.25, 0.3) is 0 Å². The number of amides is 3. The molecule has 2 saturated carbocycles. The van der Waals surface area contributed by atoms with Gasteiger partial charge >= 0.3 is 6.09 Å². The molecule has 2 fully saturated rings. The lowest BCUT2D eigenvalue weighted by Gasteiger charge is -2.39. The molecule has 0 spiro atoms. The van der Waals surface area contributed by atoms with E-state index in [-0.39, 0.29) is 30.3 Å². The van der Waals surface area contributed by atoms with E-state index in [2.05, 4.69) is 29.6 Å². The number of rotatable bonds is 10. The van der Waals surface area contributed by atoms with E-state index in [1.807, 2.05) is 35.2 Å². The van der Waals surface area contributed by atoms with Gasteiger partial charge in [-0.2, -0.15) is 0 Å². The first-order chi connectivity index (χ1) is 19.5. The molecular formula is C33H35N3O4. The van der Waals surface area contributed by atoms with E-state index < -0.39 is 12.0 Å². The molecule has 2 atom stereocenters. The number of benzene rings is 3. The van der Waals surface area contributed by atoms with Crippen molar-refractivity contribution < 1.29 is 19.1 Å². The van der Waals surface area contributed by atoms with E-state index in [1.165, 1.54) is 22.3 Å². The van der Waals surface area contributed by atoms with Crippen molar-refractivity contribution in [3.8, 4) is 11.1 Å². The van der Waals surface area contributed by atoms with Crippen LogP contribution in [0.15, 0.2) is 72.8 Å². The zero-order valence-electron chi connectivity index (χ0n) is 22.6. The Hall–Kier alpha value is -4.13. The van der Waals surface area contributed by atoms with Gasteiger partial charge < -0.3 is 20.7 Å². The van der Waals surface area contributed by atoms with Crippen molar-refractivity contribution in [3.63, 3.8) is 0 Å². The molecule has 0 unspecified atom stereocenters. The Balaban J connectivity index is 1.04. The summed E-state index contributed by atoms with van der Waals surface area (Å²) in [6, 6.07) is 23.7. The van der Waals surface area contributed by atoms with Crippen LogP contribution in [0.25, 0.3) is 11.1 Å². The molecular weight excluding hydrogens is 502 g/mol. The van der Waals surface area contributed by atoms with Crippen molar-refractivity contribution in [1.82, 2.24) is 10.2 Å². The van der Waals surface area contributed by atoms with E-state index in [0.29, 0.717) is 24.6 Å². The maximum atomic E-state index is 13.6. The number of fused-ring (bicyclic) bond motifs is 3. The number of ether oxygens (including phenoxy) is 1. The minimum absolute atomic E-state index is 0.0141. The van der Waals surface area contributed by atoms with Crippen molar-refractivity contribution in [2.45, 2.75) is 38.1 Å². The van der Waals surface area contributed by atoms with Crippen molar-refractivity contribution in [2.75, 3.05) is 19.7 Å². The first-order valence-electron chi connectivity index (χ1n) is 14.2. The summed E-state index contributed by atoms with van der Waals surface area (Å²) in [5.41, 5.74) is 11.6. The Labute approximate surface area is 234 Å². The van der Waals surface area contributed by atoms with Crippen LogP contribution < -0.4 is 11.1 Å². The fraction of sp³-hybridized carbons (Fsp3) is 0.364. The molecule has 0 saturated heterocycles. The van der Waals surface area contributed by atoms with Gasteiger partial charge in [-0.3, -0.25) is 9.59 Å². The molecule has 0 radical (unpaired) electrons. The first-order valence-corrected chi connectivity index (χ1v) is 14.2. The number of carbonyl (C=O) groups excluding carboxylic acids is 3. The topological polar surface area (TPSA) is 102 Å². The summed E-state index contributed by atoms with van der Waals surface area (Å²) in [7, 11) is 0. The summed E-state index contributed by atoms with van der Waals surface area (Å²) in [6.45, 7) is 1.87. The molecule has 0 aromatic heterocycles. The zero-order chi connectivity index (χ0) is 27.6. The number of nitrogens with two attached hydrogens (primary N) is 1. The van der Waals surface area contributed by atoms with Crippen LogP contribution >= 0.6 is 0 Å². The quantitative estimate of drug-likeness (QED) is 0.376. The van der Waals surface area contributed by atoms with Gasteiger partial charge in [-0.15, -0.1) is 0 Å². The van der Waals surface area contributed by atoms with Crippen LogP contribution in [-0.2, 0) is 16.1 Å². The van der Waals surface area contributed by atoms with Gasteiger partial charge in [0.1, 0.15) is 6.61 Å². The summed E-state index contributed by atoms with van der Waals surface area (Å²) in [4.78, 5) is 39.8. The van der Waals surface area contributed by atoms with Gasteiger partial charge in [0.05, 0.1) is 0 Å². The summed E-state index contributed by atoms with van der Waals surface area (Å²) < 4.78 is 5.69. The number of alkyl carbamates (subject to hydrolysis) is 1. The van der Waals surface area contributed by atoms with Crippen molar-refractivity contribution in [3.05, 3.63) is 95.1 Å². The Morgan fingerprint density at radius 1 is 0.875 bits per heavy atom. The fourth-order valence-electron chi connectivity index (χ4n) is 6.12. The number of hydrogen-bond donors (Lipinski definition) is 2. The standard InChI is InChI=1S/C33H35N3O4/c34-31(37)23-7-5-6-22(16-23)19-36(18-21-12-13-21)32(38)25-15-14-24(25)17-35-33(39)40-20-30-28-10-3-1-8-26(28)27-9-2-4-11-29(27)30/h1-11,16,21,24-25,30H,12-15,17-20H2,(H2,34,37)(H,35,39)/t24-,25-/m1/s1. The molecule has 3 amide bonds. The minimum atomic E-state index is -0.472. The van der Waals surface area contributed by atoms with Crippen molar-refractivity contribution in [2.24, 2.45) is 23.5 Å². The van der Waals surface area contributed by atoms with Gasteiger partial charge in [-0.1, -0.05) is 60.7 Å². The Morgan fingerprint density at radius 3 is 2.20 bits per heavy atom. The normalized spacial score (nSPS) is 19.2. The Kier molecular flexibility index (Phi) is 7.29. The third-order valence-electron chi connectivity index (χ3n) is 8.66. The third-order valence-corrected chi connectivity index (χ3v) is 8.66. The van der Waals surface area contributed by atoms with Crippen molar-refractivity contribution >= 4 is 17.9 Å². The lowest BCUT2D eigenvalue weighted by Crippen LogP contribution is -2.47. The second kappa shape index (κ2) is 11.2. The lowest BCUT2D eigenvalue weighted by atomic mass is 9.72. The summed E-state index contributed by atoms with van der Waals surface area (Å²) in [6.07, 6.45) is 3.55. The first kappa shape index (κ1) is 26.1. The van der Waals surface area contributed by atoms with Gasteiger partial charge in [0, 0.05) is 37.0 Å². The molecule has 0 heterocycles. The molecule has 3 aliphatic rings. The van der Waals surface area contributed by atoms with E-state index in [4.69, 9.17) is 10.5 Å². The minimum Gasteiger partial charge on any atom is -0.449 e. The van der Waals surface area contributed by atoms with Crippen molar-refractivity contribution in [1.29, 1.82) is 0 Å². The predicted octanol–water partition coefficient (Wildman–Crippen LogP) is 5.09. The number of nitrogens with one attached hydrogen (secondary N) is 1. The SMILES string of the molecule is NC(=O)c1cccc(CN(CC2CC2)C(=O)[C@@H]2CC[C@@H]2CNC(=O)OCC2c3ccccc3-c3ccccc32)c1. The van der Waals surface area contributed by atoms with Crippen LogP contribution in [0, 0.1) is 17.8 Å². The van der Waals surface area contributed by atoms with Crippen LogP contribution in [0.2, 0.25) is 0 Å². The summed E-state index contributed by atoms with van der Waals surface area (Å²) >= 11 is 0. The molecule has 0 bridgehead atoms. The van der Waals surface area contributed by atoms with Crippen LogP contribution in [0.4, 0.5) is 4.79 Å². The van der Waals surface area contributed by atoms with Gasteiger partial charge in [-0.25, -0.2) is 4.79 Å². The molecule has 206 valence electrons.